The molecule has 1 aromatic heterocycles. The highest BCUT2D eigenvalue weighted by atomic mass is 16.5. The molecule has 4 rings (SSSR count). The van der Waals surface area contributed by atoms with E-state index in [0.29, 0.717) is 5.92 Å². The van der Waals surface area contributed by atoms with Crippen LogP contribution in [0.5, 0.6) is 0 Å². The van der Waals surface area contributed by atoms with Crippen molar-refractivity contribution < 1.29 is 9.53 Å². The lowest BCUT2D eigenvalue weighted by atomic mass is 9.92. The van der Waals surface area contributed by atoms with Gasteiger partial charge >= 0.3 is 6.03 Å². The first-order chi connectivity index (χ1) is 12.3. The Morgan fingerprint density at radius 2 is 1.88 bits per heavy atom. The second-order valence-corrected chi connectivity index (χ2v) is 7.57. The summed E-state index contributed by atoms with van der Waals surface area (Å²) in [7, 11) is 0. The Labute approximate surface area is 149 Å². The van der Waals surface area contributed by atoms with Crippen LogP contribution in [0, 0.1) is 0 Å². The van der Waals surface area contributed by atoms with Gasteiger partial charge in [-0.2, -0.15) is 0 Å². The Morgan fingerprint density at radius 1 is 1.20 bits per heavy atom. The van der Waals surface area contributed by atoms with Gasteiger partial charge in [0.15, 0.2) is 0 Å². The third-order valence-corrected chi connectivity index (χ3v) is 6.13. The minimum absolute atomic E-state index is 0.0878. The lowest BCUT2D eigenvalue weighted by molar-refractivity contribution is -0.0199. The number of hydrogen-bond acceptors (Lipinski definition) is 4. The topological polar surface area (TPSA) is 57.7 Å². The number of hydrogen-bond donors (Lipinski definition) is 1. The molecule has 0 atom stereocenters. The van der Waals surface area contributed by atoms with Crippen molar-refractivity contribution in [2.75, 3.05) is 45.9 Å². The number of morpholine rings is 1. The fourth-order valence-corrected chi connectivity index (χ4v) is 4.52. The van der Waals surface area contributed by atoms with Crippen molar-refractivity contribution in [1.82, 2.24) is 20.1 Å². The fraction of sp³-hybridized carbons (Fsp3) is 0.684. The summed E-state index contributed by atoms with van der Waals surface area (Å²) in [6, 6.07) is 4.18. The molecule has 25 heavy (non-hydrogen) atoms. The number of aromatic nitrogens is 1. The molecule has 3 aliphatic rings. The van der Waals surface area contributed by atoms with Crippen molar-refractivity contribution >= 4 is 6.03 Å². The van der Waals surface area contributed by atoms with Crippen LogP contribution in [0.1, 0.15) is 37.2 Å². The molecular weight excluding hydrogens is 316 g/mol. The monoisotopic (exact) mass is 344 g/mol. The van der Waals surface area contributed by atoms with E-state index in [1.807, 2.05) is 29.4 Å². The number of carbonyl (C=O) groups is 1. The first kappa shape index (κ1) is 16.8. The highest BCUT2D eigenvalue weighted by Crippen LogP contribution is 2.35. The Bertz CT molecular complexity index is 576. The highest BCUT2D eigenvalue weighted by molar-refractivity contribution is 5.75. The summed E-state index contributed by atoms with van der Waals surface area (Å²) in [5.41, 5.74) is 1.43. The van der Waals surface area contributed by atoms with Gasteiger partial charge in [0.05, 0.1) is 13.2 Å². The van der Waals surface area contributed by atoms with Crippen LogP contribution in [-0.2, 0) is 4.74 Å². The summed E-state index contributed by atoms with van der Waals surface area (Å²) in [5.74, 6) is 0.452. The van der Waals surface area contributed by atoms with Crippen molar-refractivity contribution in [2.24, 2.45) is 0 Å². The van der Waals surface area contributed by atoms with Crippen molar-refractivity contribution in [3.05, 3.63) is 30.1 Å². The number of ether oxygens (including phenoxy) is 1. The van der Waals surface area contributed by atoms with Gasteiger partial charge in [-0.1, -0.05) is 12.8 Å². The number of likely N-dealkylation sites (tertiary alicyclic amines) is 1. The summed E-state index contributed by atoms with van der Waals surface area (Å²) in [6.45, 7) is 5.99. The van der Waals surface area contributed by atoms with Gasteiger partial charge in [0.2, 0.25) is 0 Å². The molecule has 1 saturated carbocycles. The molecular formula is C19H28N4O2. The smallest absolute Gasteiger partial charge is 0.317 e. The summed E-state index contributed by atoms with van der Waals surface area (Å²) in [5, 5.41) is 3.23. The second-order valence-electron chi connectivity index (χ2n) is 7.57. The van der Waals surface area contributed by atoms with Crippen LogP contribution >= 0.6 is 0 Å². The standard InChI is InChI=1S/C19H28N4O2/c24-18(22-13-17(14-22)16-3-7-20-8-4-16)21-15-19(5-1-2-6-19)23-9-11-25-12-10-23/h3-4,7-8,17H,1-2,5-6,9-15H2,(H,21,24). The average Bonchev–Trinajstić information content (AvgIpc) is 3.11. The number of rotatable bonds is 4. The fourth-order valence-electron chi connectivity index (χ4n) is 4.52. The Morgan fingerprint density at radius 3 is 2.56 bits per heavy atom. The van der Waals surface area contributed by atoms with Gasteiger partial charge in [-0.15, -0.1) is 0 Å². The number of nitrogens with zero attached hydrogens (tertiary/aromatic N) is 3. The predicted octanol–water partition coefficient (Wildman–Crippen LogP) is 1.84. The van der Waals surface area contributed by atoms with Crippen LogP contribution in [0.25, 0.3) is 0 Å². The summed E-state index contributed by atoms with van der Waals surface area (Å²) < 4.78 is 5.51. The van der Waals surface area contributed by atoms with E-state index < -0.39 is 0 Å². The molecule has 0 radical (unpaired) electrons. The first-order valence-electron chi connectivity index (χ1n) is 9.52. The molecule has 2 saturated heterocycles. The molecule has 1 aliphatic carbocycles. The molecule has 0 aromatic carbocycles. The molecule has 0 bridgehead atoms. The van der Waals surface area contributed by atoms with E-state index in [2.05, 4.69) is 15.2 Å². The lowest BCUT2D eigenvalue weighted by Crippen LogP contribution is -2.60. The van der Waals surface area contributed by atoms with E-state index in [4.69, 9.17) is 4.74 Å². The molecule has 6 heteroatoms. The van der Waals surface area contributed by atoms with Crippen molar-refractivity contribution in [1.29, 1.82) is 0 Å². The largest absolute Gasteiger partial charge is 0.379 e. The van der Waals surface area contributed by atoms with E-state index in [0.717, 1.165) is 45.9 Å². The minimum atomic E-state index is 0.0878. The number of amides is 2. The maximum absolute atomic E-state index is 12.5. The third kappa shape index (κ3) is 3.51. The highest BCUT2D eigenvalue weighted by Gasteiger charge is 2.41. The third-order valence-electron chi connectivity index (χ3n) is 6.13. The second kappa shape index (κ2) is 7.30. The van der Waals surface area contributed by atoms with Crippen molar-refractivity contribution in [3.63, 3.8) is 0 Å². The van der Waals surface area contributed by atoms with Crippen LogP contribution in [0.3, 0.4) is 0 Å². The van der Waals surface area contributed by atoms with E-state index in [1.54, 1.807) is 0 Å². The molecule has 3 fully saturated rings. The number of pyridine rings is 1. The van der Waals surface area contributed by atoms with Gasteiger partial charge in [0.1, 0.15) is 0 Å². The van der Waals surface area contributed by atoms with E-state index in [9.17, 15) is 4.79 Å². The quantitative estimate of drug-likeness (QED) is 0.905. The number of urea groups is 1. The van der Waals surface area contributed by atoms with Gasteiger partial charge in [0.25, 0.3) is 0 Å². The number of carbonyl (C=O) groups excluding carboxylic acids is 1. The van der Waals surface area contributed by atoms with Crippen molar-refractivity contribution in [2.45, 2.75) is 37.1 Å². The van der Waals surface area contributed by atoms with Gasteiger partial charge < -0.3 is 15.0 Å². The molecule has 136 valence electrons. The van der Waals surface area contributed by atoms with Gasteiger partial charge in [-0.05, 0) is 30.5 Å². The number of nitrogens with one attached hydrogen (secondary N) is 1. The van der Waals surface area contributed by atoms with Crippen LogP contribution in [0.4, 0.5) is 4.79 Å². The molecule has 3 heterocycles. The predicted molar refractivity (Wildman–Crippen MR) is 95.5 cm³/mol. The molecule has 1 N–H and O–H groups in total. The Balaban J connectivity index is 1.29. The average molecular weight is 344 g/mol. The molecule has 0 unspecified atom stereocenters. The summed E-state index contributed by atoms with van der Waals surface area (Å²) in [6.07, 6.45) is 8.55. The molecule has 2 aliphatic heterocycles. The molecule has 1 aromatic rings. The van der Waals surface area contributed by atoms with Crippen LogP contribution in [-0.4, -0.2) is 72.3 Å². The molecule has 0 spiro atoms. The maximum Gasteiger partial charge on any atom is 0.317 e. The zero-order chi connectivity index (χ0) is 17.1. The van der Waals surface area contributed by atoms with Crippen LogP contribution in [0.2, 0.25) is 0 Å². The van der Waals surface area contributed by atoms with E-state index in [-0.39, 0.29) is 11.6 Å². The minimum Gasteiger partial charge on any atom is -0.379 e. The first-order valence-corrected chi connectivity index (χ1v) is 9.52. The summed E-state index contributed by atoms with van der Waals surface area (Å²) >= 11 is 0. The van der Waals surface area contributed by atoms with Crippen LogP contribution < -0.4 is 5.32 Å². The molecule has 6 nitrogen and oxygen atoms in total. The maximum atomic E-state index is 12.5. The SMILES string of the molecule is O=C(NCC1(N2CCOCC2)CCCC1)N1CC(c2ccncc2)C1. The summed E-state index contributed by atoms with van der Waals surface area (Å²) in [4.78, 5) is 21.1. The Kier molecular flexibility index (Phi) is 4.90. The van der Waals surface area contributed by atoms with Gasteiger partial charge in [-0.3, -0.25) is 9.88 Å². The van der Waals surface area contributed by atoms with Gasteiger partial charge in [-0.25, -0.2) is 4.79 Å². The Hall–Kier alpha value is -1.66. The van der Waals surface area contributed by atoms with Crippen molar-refractivity contribution in [3.8, 4) is 0 Å². The zero-order valence-electron chi connectivity index (χ0n) is 14.8. The molecule has 2 amide bonds. The van der Waals surface area contributed by atoms with E-state index >= 15 is 0 Å². The normalized spacial score (nSPS) is 24.1. The van der Waals surface area contributed by atoms with E-state index in [1.165, 1.54) is 31.2 Å². The van der Waals surface area contributed by atoms with Gasteiger partial charge in [0, 0.05) is 56.6 Å². The van der Waals surface area contributed by atoms with Crippen LogP contribution in [0.15, 0.2) is 24.5 Å². The lowest BCUT2D eigenvalue weighted by Gasteiger charge is -2.45. The zero-order valence-corrected chi connectivity index (χ0v) is 14.8.